The third-order valence-electron chi connectivity index (χ3n) is 4.23. The first-order valence-electron chi connectivity index (χ1n) is 9.66. The molecule has 0 aromatic heterocycles. The van der Waals surface area contributed by atoms with E-state index in [1.807, 2.05) is 0 Å². The van der Waals surface area contributed by atoms with Crippen molar-refractivity contribution in [1.82, 2.24) is 0 Å². The number of allylic oxidation sites excluding steroid dienone is 1. The van der Waals surface area contributed by atoms with Crippen molar-refractivity contribution >= 4 is 17.9 Å². The highest BCUT2D eigenvalue weighted by atomic mass is 16.7. The van der Waals surface area contributed by atoms with Crippen molar-refractivity contribution in [2.24, 2.45) is 10.8 Å². The summed E-state index contributed by atoms with van der Waals surface area (Å²) in [5.74, 6) is -1.69. The molecule has 29 heavy (non-hydrogen) atoms. The molecule has 166 valence electrons. The van der Waals surface area contributed by atoms with E-state index in [-0.39, 0.29) is 0 Å². The van der Waals surface area contributed by atoms with Gasteiger partial charge >= 0.3 is 17.9 Å². The Hall–Kier alpha value is -1.93. The molecule has 8 nitrogen and oxygen atoms in total. The van der Waals surface area contributed by atoms with Gasteiger partial charge in [0, 0.05) is 13.2 Å². The number of carbonyl (C=O) groups excluding carboxylic acids is 3. The summed E-state index contributed by atoms with van der Waals surface area (Å²) < 4.78 is 27.9. The van der Waals surface area contributed by atoms with E-state index in [1.165, 1.54) is 19.3 Å². The molecule has 0 aliphatic carbocycles. The predicted octanol–water partition coefficient (Wildman–Crippen LogP) is 2.78. The summed E-state index contributed by atoms with van der Waals surface area (Å²) in [6, 6.07) is 0. The zero-order valence-electron chi connectivity index (χ0n) is 18.8. The number of hydrogen-bond donors (Lipinski definition) is 0. The van der Waals surface area contributed by atoms with Crippen LogP contribution in [0.1, 0.15) is 55.4 Å². The summed E-state index contributed by atoms with van der Waals surface area (Å²) in [6.07, 6.45) is -2.10. The first-order chi connectivity index (χ1) is 13.2. The summed E-state index contributed by atoms with van der Waals surface area (Å²) in [7, 11) is 1.39. The lowest BCUT2D eigenvalue weighted by Gasteiger charge is -2.44. The van der Waals surface area contributed by atoms with Crippen LogP contribution in [-0.4, -0.2) is 55.7 Å². The van der Waals surface area contributed by atoms with Crippen LogP contribution in [0.25, 0.3) is 0 Å². The Balaban J connectivity index is 3.32. The molecular formula is C21H34O8. The van der Waals surface area contributed by atoms with Gasteiger partial charge in [0.25, 0.3) is 0 Å². The van der Waals surface area contributed by atoms with Crippen LogP contribution in [0.15, 0.2) is 12.2 Å². The van der Waals surface area contributed by atoms with Crippen LogP contribution >= 0.6 is 0 Å². The van der Waals surface area contributed by atoms with Gasteiger partial charge < -0.3 is 23.7 Å². The van der Waals surface area contributed by atoms with E-state index in [1.54, 1.807) is 55.4 Å². The molecule has 0 unspecified atom stereocenters. The van der Waals surface area contributed by atoms with E-state index >= 15 is 0 Å². The largest absolute Gasteiger partial charge is 0.454 e. The monoisotopic (exact) mass is 414 g/mol. The quantitative estimate of drug-likeness (QED) is 0.385. The zero-order valence-corrected chi connectivity index (χ0v) is 18.8. The van der Waals surface area contributed by atoms with Gasteiger partial charge in [0.05, 0.1) is 16.9 Å². The second-order valence-corrected chi connectivity index (χ2v) is 9.09. The molecule has 8 heteroatoms. The molecule has 1 aliphatic heterocycles. The van der Waals surface area contributed by atoms with Crippen LogP contribution in [-0.2, 0) is 38.1 Å². The van der Waals surface area contributed by atoms with Gasteiger partial charge in [-0.25, -0.2) is 4.79 Å². The highest BCUT2D eigenvalue weighted by Gasteiger charge is 2.52. The topological polar surface area (TPSA) is 97.4 Å². The van der Waals surface area contributed by atoms with Crippen molar-refractivity contribution in [3.63, 3.8) is 0 Å². The van der Waals surface area contributed by atoms with Crippen molar-refractivity contribution in [2.45, 2.75) is 86.1 Å². The van der Waals surface area contributed by atoms with Gasteiger partial charge in [-0.3, -0.25) is 9.59 Å². The summed E-state index contributed by atoms with van der Waals surface area (Å²) in [5, 5.41) is 0. The van der Waals surface area contributed by atoms with E-state index in [0.29, 0.717) is 0 Å². The molecule has 0 bridgehead atoms. The van der Waals surface area contributed by atoms with E-state index in [0.717, 1.165) is 0 Å². The molecule has 1 rings (SSSR count). The fourth-order valence-corrected chi connectivity index (χ4v) is 2.49. The van der Waals surface area contributed by atoms with Crippen molar-refractivity contribution < 1.29 is 38.1 Å². The Labute approximate surface area is 172 Å². The average molecular weight is 414 g/mol. The van der Waals surface area contributed by atoms with Gasteiger partial charge in [-0.1, -0.05) is 6.08 Å². The summed E-state index contributed by atoms with van der Waals surface area (Å²) >= 11 is 0. The Kier molecular flexibility index (Phi) is 8.41. The van der Waals surface area contributed by atoms with Gasteiger partial charge in [0.1, 0.15) is 0 Å². The maximum Gasteiger partial charge on any atom is 0.330 e. The van der Waals surface area contributed by atoms with E-state index in [9.17, 15) is 14.4 Å². The lowest BCUT2D eigenvalue weighted by Crippen LogP contribution is -2.62. The van der Waals surface area contributed by atoms with Crippen LogP contribution in [0.2, 0.25) is 0 Å². The lowest BCUT2D eigenvalue weighted by molar-refractivity contribution is -0.297. The van der Waals surface area contributed by atoms with E-state index in [2.05, 4.69) is 0 Å². The highest BCUT2D eigenvalue weighted by molar-refractivity contribution is 5.82. The molecule has 0 aromatic rings. The van der Waals surface area contributed by atoms with Gasteiger partial charge in [-0.05, 0) is 55.4 Å². The third kappa shape index (κ3) is 6.82. The number of ether oxygens (including phenoxy) is 5. The van der Waals surface area contributed by atoms with Crippen LogP contribution in [0.3, 0.4) is 0 Å². The minimum atomic E-state index is -1.11. The third-order valence-corrected chi connectivity index (χ3v) is 4.23. The molecule has 0 amide bonds. The zero-order chi connectivity index (χ0) is 22.6. The fraction of sp³-hybridized carbons (Fsp3) is 0.762. The maximum atomic E-state index is 12.6. The molecule has 0 radical (unpaired) electrons. The normalized spacial score (nSPS) is 28.1. The fourth-order valence-electron chi connectivity index (χ4n) is 2.49. The minimum absolute atomic E-state index is 0.530. The van der Waals surface area contributed by atoms with Gasteiger partial charge in [0.2, 0.25) is 0 Å². The van der Waals surface area contributed by atoms with Crippen LogP contribution in [0.5, 0.6) is 0 Å². The molecule has 1 saturated heterocycles. The van der Waals surface area contributed by atoms with Gasteiger partial charge in [-0.2, -0.15) is 0 Å². The van der Waals surface area contributed by atoms with E-state index in [4.69, 9.17) is 23.7 Å². The number of hydrogen-bond acceptors (Lipinski definition) is 8. The Morgan fingerprint density at radius 3 is 1.72 bits per heavy atom. The molecule has 0 saturated carbocycles. The first-order valence-corrected chi connectivity index (χ1v) is 9.66. The number of carbonyl (C=O) groups is 3. The molecule has 1 aliphatic rings. The summed E-state index contributed by atoms with van der Waals surface area (Å²) in [5.41, 5.74) is -1.63. The van der Waals surface area contributed by atoms with Crippen LogP contribution in [0, 0.1) is 10.8 Å². The predicted molar refractivity (Wildman–Crippen MR) is 105 cm³/mol. The van der Waals surface area contributed by atoms with Gasteiger partial charge in [0.15, 0.2) is 24.6 Å². The first kappa shape index (κ1) is 25.1. The number of esters is 3. The molecule has 0 N–H and O–H groups in total. The maximum absolute atomic E-state index is 12.6. The average Bonchev–Trinajstić information content (AvgIpc) is 2.58. The standard InChI is InChI=1S/C21H34O8/c1-10-11-13(22)27-14-12(2)26-17(25-9)16(29-19(24)21(6,7)8)15(14)28-18(23)20(3,4)5/h10-12,14-17H,1-9H3/b11-10+/t12-,14-,15+,16-,17+/m1/s1. The smallest absolute Gasteiger partial charge is 0.330 e. The molecular weight excluding hydrogens is 380 g/mol. The van der Waals surface area contributed by atoms with Crippen molar-refractivity contribution in [1.29, 1.82) is 0 Å². The second kappa shape index (κ2) is 9.71. The Bertz CT molecular complexity index is 626. The van der Waals surface area contributed by atoms with E-state index < -0.39 is 59.4 Å². The lowest BCUT2D eigenvalue weighted by atomic mass is 9.94. The van der Waals surface area contributed by atoms with Crippen molar-refractivity contribution in [3.05, 3.63) is 12.2 Å². The molecule has 1 fully saturated rings. The van der Waals surface area contributed by atoms with Gasteiger partial charge in [-0.15, -0.1) is 0 Å². The minimum Gasteiger partial charge on any atom is -0.454 e. The SMILES string of the molecule is C/C=C/C(=O)O[C@H]1[C@H](OC(=O)C(C)(C)C)[C@@H](OC(=O)C(C)(C)C)[C@@H](OC)O[C@@H]1C. The number of rotatable bonds is 5. The summed E-state index contributed by atoms with van der Waals surface area (Å²) in [4.78, 5) is 37.2. The Morgan fingerprint density at radius 1 is 0.828 bits per heavy atom. The van der Waals surface area contributed by atoms with Crippen molar-refractivity contribution in [3.8, 4) is 0 Å². The molecule has 1 heterocycles. The summed E-state index contributed by atoms with van der Waals surface area (Å²) in [6.45, 7) is 13.5. The van der Waals surface area contributed by atoms with Crippen molar-refractivity contribution in [2.75, 3.05) is 7.11 Å². The molecule has 0 spiro atoms. The molecule has 0 aromatic carbocycles. The van der Waals surface area contributed by atoms with Crippen LogP contribution < -0.4 is 0 Å². The highest BCUT2D eigenvalue weighted by Crippen LogP contribution is 2.32. The second-order valence-electron chi connectivity index (χ2n) is 9.09. The number of methoxy groups -OCH3 is 1. The van der Waals surface area contributed by atoms with Crippen LogP contribution in [0.4, 0.5) is 0 Å². The molecule has 5 atom stereocenters. The Morgan fingerprint density at radius 2 is 1.31 bits per heavy atom.